The van der Waals surface area contributed by atoms with E-state index < -0.39 is 11.5 Å². The largest absolute Gasteiger partial charge is 0.484 e. The van der Waals surface area contributed by atoms with Gasteiger partial charge >= 0.3 is 5.63 Å². The van der Waals surface area contributed by atoms with Crippen molar-refractivity contribution in [3.63, 3.8) is 0 Å². The predicted molar refractivity (Wildman–Crippen MR) is 92.5 cm³/mol. The van der Waals surface area contributed by atoms with Gasteiger partial charge < -0.3 is 14.5 Å². The van der Waals surface area contributed by atoms with Crippen LogP contribution in [0, 0.1) is 18.3 Å². The fourth-order valence-corrected chi connectivity index (χ4v) is 2.42. The third kappa shape index (κ3) is 3.67. The molecule has 124 valence electrons. The first-order valence-electron chi connectivity index (χ1n) is 7.53. The number of nitriles is 1. The highest BCUT2D eigenvalue weighted by Crippen LogP contribution is 2.22. The molecule has 6 nitrogen and oxygen atoms in total. The number of nitrogens with one attached hydrogen (secondary N) is 1. The molecule has 3 rings (SSSR count). The Hall–Kier alpha value is -3.59. The number of para-hydroxylation sites is 1. The number of hydrogen-bond donors (Lipinski definition) is 1. The van der Waals surface area contributed by atoms with Gasteiger partial charge in [0, 0.05) is 17.5 Å². The smallest absolute Gasteiger partial charge is 0.336 e. The minimum absolute atomic E-state index is 0.235. The van der Waals surface area contributed by atoms with Crippen LogP contribution in [-0.2, 0) is 4.79 Å². The van der Waals surface area contributed by atoms with Gasteiger partial charge in [0.25, 0.3) is 5.91 Å². The summed E-state index contributed by atoms with van der Waals surface area (Å²) in [5.41, 5.74) is 1.58. The molecule has 0 aliphatic carbocycles. The Labute approximate surface area is 143 Å². The molecule has 0 atom stereocenters. The van der Waals surface area contributed by atoms with Crippen LogP contribution in [-0.4, -0.2) is 12.5 Å². The number of carbonyl (C=O) groups excluding carboxylic acids is 1. The van der Waals surface area contributed by atoms with Crippen LogP contribution in [0.25, 0.3) is 11.0 Å². The van der Waals surface area contributed by atoms with E-state index in [9.17, 15) is 9.59 Å². The van der Waals surface area contributed by atoms with Crippen LogP contribution >= 0.6 is 0 Å². The molecule has 25 heavy (non-hydrogen) atoms. The highest BCUT2D eigenvalue weighted by Gasteiger charge is 2.08. The summed E-state index contributed by atoms with van der Waals surface area (Å²) in [5, 5.41) is 12.4. The maximum Gasteiger partial charge on any atom is 0.336 e. The first-order chi connectivity index (χ1) is 12.1. The van der Waals surface area contributed by atoms with E-state index in [0.29, 0.717) is 22.6 Å². The van der Waals surface area contributed by atoms with Crippen molar-refractivity contribution in [1.29, 1.82) is 5.26 Å². The standard InChI is InChI=1S/C19H14N2O4/c1-12-8-19(23)25-17-9-14(6-7-15(12)17)24-11-18(22)21-16-5-3-2-4-13(16)10-20/h2-9H,11H2,1H3,(H,21,22). The van der Waals surface area contributed by atoms with Gasteiger partial charge in [0.15, 0.2) is 6.61 Å². The average Bonchev–Trinajstić information content (AvgIpc) is 2.60. The summed E-state index contributed by atoms with van der Waals surface area (Å²) < 4.78 is 10.6. The number of aryl methyl sites for hydroxylation is 1. The molecule has 0 radical (unpaired) electrons. The van der Waals surface area contributed by atoms with Crippen molar-refractivity contribution >= 4 is 22.6 Å². The van der Waals surface area contributed by atoms with E-state index >= 15 is 0 Å². The average molecular weight is 334 g/mol. The van der Waals surface area contributed by atoms with Gasteiger partial charge in [-0.15, -0.1) is 0 Å². The van der Waals surface area contributed by atoms with Crippen molar-refractivity contribution in [3.05, 3.63) is 70.1 Å². The zero-order valence-corrected chi connectivity index (χ0v) is 13.4. The van der Waals surface area contributed by atoms with Crippen molar-refractivity contribution in [3.8, 4) is 11.8 Å². The summed E-state index contributed by atoms with van der Waals surface area (Å²) in [6, 6.07) is 15.2. The van der Waals surface area contributed by atoms with Crippen LogP contribution in [0.2, 0.25) is 0 Å². The zero-order chi connectivity index (χ0) is 17.8. The summed E-state index contributed by atoms with van der Waals surface area (Å²) >= 11 is 0. The van der Waals surface area contributed by atoms with Crippen molar-refractivity contribution in [2.75, 3.05) is 11.9 Å². The molecule has 0 aliphatic heterocycles. The number of fused-ring (bicyclic) bond motifs is 1. The Balaban J connectivity index is 1.71. The van der Waals surface area contributed by atoms with E-state index in [1.165, 1.54) is 6.07 Å². The lowest BCUT2D eigenvalue weighted by molar-refractivity contribution is -0.118. The Morgan fingerprint density at radius 2 is 2.04 bits per heavy atom. The molecular weight excluding hydrogens is 320 g/mol. The quantitative estimate of drug-likeness (QED) is 0.741. The number of carbonyl (C=O) groups is 1. The van der Waals surface area contributed by atoms with Gasteiger partial charge in [0.05, 0.1) is 11.3 Å². The van der Waals surface area contributed by atoms with Crippen LogP contribution in [0.1, 0.15) is 11.1 Å². The molecule has 0 saturated carbocycles. The molecule has 6 heteroatoms. The van der Waals surface area contributed by atoms with Gasteiger partial charge in [0.1, 0.15) is 17.4 Å². The fraction of sp³-hybridized carbons (Fsp3) is 0.105. The minimum Gasteiger partial charge on any atom is -0.484 e. The second-order valence-electron chi connectivity index (χ2n) is 5.40. The number of benzene rings is 2. The summed E-state index contributed by atoms with van der Waals surface area (Å²) in [6.07, 6.45) is 0. The summed E-state index contributed by atoms with van der Waals surface area (Å²) in [6.45, 7) is 1.58. The van der Waals surface area contributed by atoms with E-state index in [1.54, 1.807) is 42.5 Å². The Kier molecular flexibility index (Phi) is 4.48. The zero-order valence-electron chi connectivity index (χ0n) is 13.4. The number of hydrogen-bond acceptors (Lipinski definition) is 5. The van der Waals surface area contributed by atoms with Gasteiger partial charge in [-0.2, -0.15) is 5.26 Å². The van der Waals surface area contributed by atoms with Crippen molar-refractivity contribution in [2.45, 2.75) is 6.92 Å². The third-order valence-corrected chi connectivity index (χ3v) is 3.61. The lowest BCUT2D eigenvalue weighted by atomic mass is 10.1. The molecule has 0 aliphatic rings. The molecule has 0 fully saturated rings. The second kappa shape index (κ2) is 6.89. The number of ether oxygens (including phenoxy) is 1. The van der Waals surface area contributed by atoms with Crippen LogP contribution in [0.3, 0.4) is 0 Å². The summed E-state index contributed by atoms with van der Waals surface area (Å²) in [7, 11) is 0. The number of rotatable bonds is 4. The first kappa shape index (κ1) is 16.3. The van der Waals surface area contributed by atoms with Gasteiger partial charge in [-0.25, -0.2) is 4.79 Å². The summed E-state index contributed by atoms with van der Waals surface area (Å²) in [5.74, 6) is 0.0125. The van der Waals surface area contributed by atoms with Crippen molar-refractivity contribution in [2.24, 2.45) is 0 Å². The highest BCUT2D eigenvalue weighted by atomic mass is 16.5. The topological polar surface area (TPSA) is 92.3 Å². The van der Waals surface area contributed by atoms with E-state index in [1.807, 2.05) is 13.0 Å². The van der Waals surface area contributed by atoms with Gasteiger partial charge in [-0.1, -0.05) is 12.1 Å². The lowest BCUT2D eigenvalue weighted by Crippen LogP contribution is -2.20. The van der Waals surface area contributed by atoms with Gasteiger partial charge in [0.2, 0.25) is 0 Å². The van der Waals surface area contributed by atoms with Gasteiger partial charge in [-0.3, -0.25) is 4.79 Å². The fourth-order valence-electron chi connectivity index (χ4n) is 2.42. The van der Waals surface area contributed by atoms with E-state index in [-0.39, 0.29) is 6.61 Å². The van der Waals surface area contributed by atoms with E-state index in [0.717, 1.165) is 10.9 Å². The number of nitrogens with zero attached hydrogens (tertiary/aromatic N) is 1. The molecule has 0 saturated heterocycles. The maximum absolute atomic E-state index is 12.0. The molecular formula is C19H14N2O4. The van der Waals surface area contributed by atoms with Crippen molar-refractivity contribution < 1.29 is 13.9 Å². The predicted octanol–water partition coefficient (Wildman–Crippen LogP) is 2.99. The number of amides is 1. The molecule has 0 spiro atoms. The second-order valence-corrected chi connectivity index (χ2v) is 5.40. The normalized spacial score (nSPS) is 10.2. The molecule has 1 N–H and O–H groups in total. The Bertz CT molecular complexity index is 1050. The van der Waals surface area contributed by atoms with E-state index in [2.05, 4.69) is 5.32 Å². The van der Waals surface area contributed by atoms with Crippen molar-refractivity contribution in [1.82, 2.24) is 0 Å². The van der Waals surface area contributed by atoms with Crippen LogP contribution < -0.4 is 15.7 Å². The molecule has 1 heterocycles. The Morgan fingerprint density at radius 3 is 2.84 bits per heavy atom. The molecule has 3 aromatic rings. The van der Waals surface area contributed by atoms with Crippen LogP contribution in [0.5, 0.6) is 5.75 Å². The maximum atomic E-state index is 12.0. The molecule has 1 aromatic heterocycles. The molecule has 2 aromatic carbocycles. The SMILES string of the molecule is Cc1cc(=O)oc2cc(OCC(=O)Nc3ccccc3C#N)ccc12. The highest BCUT2D eigenvalue weighted by molar-refractivity contribution is 5.93. The third-order valence-electron chi connectivity index (χ3n) is 3.61. The molecule has 0 bridgehead atoms. The number of anilines is 1. The van der Waals surface area contributed by atoms with Crippen LogP contribution in [0.15, 0.2) is 57.7 Å². The van der Waals surface area contributed by atoms with Crippen LogP contribution in [0.4, 0.5) is 5.69 Å². The van der Waals surface area contributed by atoms with Gasteiger partial charge in [-0.05, 0) is 36.8 Å². The minimum atomic E-state index is -0.437. The summed E-state index contributed by atoms with van der Waals surface area (Å²) in [4.78, 5) is 23.5. The molecule has 0 unspecified atom stereocenters. The first-order valence-corrected chi connectivity index (χ1v) is 7.53. The molecule has 1 amide bonds. The Morgan fingerprint density at radius 1 is 1.24 bits per heavy atom. The lowest BCUT2D eigenvalue weighted by Gasteiger charge is -2.09. The van der Waals surface area contributed by atoms with E-state index in [4.69, 9.17) is 14.4 Å². The monoisotopic (exact) mass is 334 g/mol.